The summed E-state index contributed by atoms with van der Waals surface area (Å²) in [5, 5.41) is 31.0. The molecule has 2 aliphatic carbocycles. The van der Waals surface area contributed by atoms with Crippen LogP contribution in [0.3, 0.4) is 0 Å². The van der Waals surface area contributed by atoms with Crippen molar-refractivity contribution in [2.45, 2.75) is 75.7 Å². The average Bonchev–Trinajstić information content (AvgIpc) is 3.31. The number of carbonyl (C=O) groups excluding carboxylic acids is 1. The van der Waals surface area contributed by atoms with E-state index in [0.29, 0.717) is 30.4 Å². The summed E-state index contributed by atoms with van der Waals surface area (Å²) in [6.07, 6.45) is 9.29. The van der Waals surface area contributed by atoms with E-state index >= 15 is 0 Å². The minimum Gasteiger partial charge on any atom is -0.483 e. The van der Waals surface area contributed by atoms with Crippen molar-refractivity contribution in [1.82, 2.24) is 25.1 Å². The van der Waals surface area contributed by atoms with Crippen molar-refractivity contribution >= 4 is 22.8 Å². The standard InChI is InChI=1S/C25H32N6O4/c32-18-8-4-16(5-9-18)28-24(34)15-35-22-3-1-2-21-20(22)14-27-31(21)23-12-13-26-25(30-23)29-17-6-10-19(33)11-7-17/h1-3,12-14,16-19,32-33H,4-11,15H2,(H,28,34)(H,26,29,30)/t16-,17-,18-,19-. The third kappa shape index (κ3) is 5.71. The number of hydrogen-bond donors (Lipinski definition) is 4. The van der Waals surface area contributed by atoms with Crippen molar-refractivity contribution in [3.05, 3.63) is 36.7 Å². The van der Waals surface area contributed by atoms with Crippen LogP contribution < -0.4 is 15.4 Å². The van der Waals surface area contributed by atoms with Gasteiger partial charge in [-0.25, -0.2) is 9.67 Å². The van der Waals surface area contributed by atoms with E-state index in [1.165, 1.54) is 0 Å². The van der Waals surface area contributed by atoms with Gasteiger partial charge in [0.15, 0.2) is 12.4 Å². The molecular weight excluding hydrogens is 448 g/mol. The molecule has 0 radical (unpaired) electrons. The predicted octanol–water partition coefficient (Wildman–Crippen LogP) is 2.33. The van der Waals surface area contributed by atoms with Gasteiger partial charge in [0.1, 0.15) is 5.75 Å². The van der Waals surface area contributed by atoms with Crippen molar-refractivity contribution in [1.29, 1.82) is 0 Å². The molecule has 10 nitrogen and oxygen atoms in total. The third-order valence-electron chi connectivity index (χ3n) is 6.88. The van der Waals surface area contributed by atoms with E-state index in [0.717, 1.165) is 49.4 Å². The zero-order valence-corrected chi connectivity index (χ0v) is 19.6. The quantitative estimate of drug-likeness (QED) is 0.405. The smallest absolute Gasteiger partial charge is 0.258 e. The second-order valence-corrected chi connectivity index (χ2v) is 9.50. The van der Waals surface area contributed by atoms with E-state index in [1.807, 2.05) is 18.2 Å². The summed E-state index contributed by atoms with van der Waals surface area (Å²) < 4.78 is 7.57. The first-order chi connectivity index (χ1) is 17.0. The molecule has 2 fully saturated rings. The molecular formula is C25H32N6O4. The fourth-order valence-corrected chi connectivity index (χ4v) is 4.91. The molecule has 2 saturated carbocycles. The Morgan fingerprint density at radius 1 is 1.00 bits per heavy atom. The lowest BCUT2D eigenvalue weighted by molar-refractivity contribution is -0.124. The Morgan fingerprint density at radius 3 is 2.46 bits per heavy atom. The van der Waals surface area contributed by atoms with E-state index in [2.05, 4.69) is 25.7 Å². The Labute approximate surface area is 203 Å². The van der Waals surface area contributed by atoms with Crippen LogP contribution in [0.2, 0.25) is 0 Å². The molecule has 1 aromatic carbocycles. The van der Waals surface area contributed by atoms with Gasteiger partial charge in [0, 0.05) is 24.3 Å². The summed E-state index contributed by atoms with van der Waals surface area (Å²) in [7, 11) is 0. The monoisotopic (exact) mass is 480 g/mol. The summed E-state index contributed by atoms with van der Waals surface area (Å²) in [6, 6.07) is 7.75. The van der Waals surface area contributed by atoms with Crippen LogP contribution in [0.1, 0.15) is 51.4 Å². The number of nitrogens with one attached hydrogen (secondary N) is 2. The lowest BCUT2D eigenvalue weighted by atomic mass is 9.93. The molecule has 10 heteroatoms. The lowest BCUT2D eigenvalue weighted by Gasteiger charge is -2.26. The van der Waals surface area contributed by atoms with E-state index in [9.17, 15) is 15.0 Å². The van der Waals surface area contributed by atoms with E-state index in [1.54, 1.807) is 23.1 Å². The van der Waals surface area contributed by atoms with Crippen molar-refractivity contribution in [3.63, 3.8) is 0 Å². The third-order valence-corrected chi connectivity index (χ3v) is 6.88. The number of hydrogen-bond acceptors (Lipinski definition) is 8. The average molecular weight is 481 g/mol. The van der Waals surface area contributed by atoms with Crippen LogP contribution in [0.15, 0.2) is 36.7 Å². The van der Waals surface area contributed by atoms with E-state index in [-0.39, 0.29) is 36.8 Å². The number of carbonyl (C=O) groups is 1. The van der Waals surface area contributed by atoms with Gasteiger partial charge in [0.25, 0.3) is 5.91 Å². The number of anilines is 1. The molecule has 2 aromatic heterocycles. The fraction of sp³-hybridized carbons (Fsp3) is 0.520. The Bertz CT molecular complexity index is 1150. The Hall–Kier alpha value is -3.24. The minimum atomic E-state index is -0.253. The second-order valence-electron chi connectivity index (χ2n) is 9.50. The van der Waals surface area contributed by atoms with Crippen molar-refractivity contribution in [3.8, 4) is 11.6 Å². The van der Waals surface area contributed by atoms with Gasteiger partial charge in [-0.15, -0.1) is 0 Å². The first-order valence-electron chi connectivity index (χ1n) is 12.4. The first-order valence-corrected chi connectivity index (χ1v) is 12.4. The molecule has 0 aliphatic heterocycles. The van der Waals surface area contributed by atoms with Gasteiger partial charge in [0.2, 0.25) is 5.95 Å². The molecule has 35 heavy (non-hydrogen) atoms. The number of benzene rings is 1. The number of amides is 1. The van der Waals surface area contributed by atoms with Gasteiger partial charge in [-0.2, -0.15) is 10.1 Å². The largest absolute Gasteiger partial charge is 0.483 e. The summed E-state index contributed by atoms with van der Waals surface area (Å²) in [5.41, 5.74) is 0.814. The number of rotatable bonds is 7. The predicted molar refractivity (Wildman–Crippen MR) is 130 cm³/mol. The molecule has 3 aromatic rings. The molecule has 0 spiro atoms. The molecule has 5 rings (SSSR count). The molecule has 0 saturated heterocycles. The number of aliphatic hydroxyl groups is 2. The highest BCUT2D eigenvalue weighted by Crippen LogP contribution is 2.27. The number of aliphatic hydroxyl groups excluding tert-OH is 2. The number of ether oxygens (including phenoxy) is 1. The zero-order valence-electron chi connectivity index (χ0n) is 19.6. The molecule has 0 bridgehead atoms. The number of aromatic nitrogens is 4. The highest BCUT2D eigenvalue weighted by Gasteiger charge is 2.22. The Kier molecular flexibility index (Phi) is 7.10. The van der Waals surface area contributed by atoms with Crippen LogP contribution in [0.4, 0.5) is 5.95 Å². The summed E-state index contributed by atoms with van der Waals surface area (Å²) in [6.45, 7) is -0.0823. The van der Waals surface area contributed by atoms with E-state index in [4.69, 9.17) is 4.74 Å². The van der Waals surface area contributed by atoms with Crippen LogP contribution in [0.25, 0.3) is 16.7 Å². The highest BCUT2D eigenvalue weighted by atomic mass is 16.5. The lowest BCUT2D eigenvalue weighted by Crippen LogP contribution is -2.40. The molecule has 4 N–H and O–H groups in total. The minimum absolute atomic E-state index is 0.0823. The maximum absolute atomic E-state index is 12.4. The fourth-order valence-electron chi connectivity index (χ4n) is 4.91. The van der Waals surface area contributed by atoms with Gasteiger partial charge in [-0.3, -0.25) is 4.79 Å². The molecule has 1 amide bonds. The SMILES string of the molecule is O=C(COc1cccc2c1cnn2-c1ccnc(N[C@H]2CC[C@H](O)CC2)n1)N[C@H]1CC[C@H](O)CC1. The van der Waals surface area contributed by atoms with Crippen molar-refractivity contribution in [2.24, 2.45) is 0 Å². The molecule has 0 unspecified atom stereocenters. The maximum Gasteiger partial charge on any atom is 0.258 e. The Balaban J connectivity index is 1.25. The zero-order chi connectivity index (χ0) is 24.2. The summed E-state index contributed by atoms with van der Waals surface area (Å²) >= 11 is 0. The van der Waals surface area contributed by atoms with Crippen LogP contribution in [-0.2, 0) is 4.79 Å². The van der Waals surface area contributed by atoms with Crippen LogP contribution in [0.5, 0.6) is 5.75 Å². The van der Waals surface area contributed by atoms with Gasteiger partial charge in [-0.1, -0.05) is 6.07 Å². The summed E-state index contributed by atoms with van der Waals surface area (Å²) in [5.74, 6) is 1.57. The topological polar surface area (TPSA) is 134 Å². The number of fused-ring (bicyclic) bond motifs is 1. The second kappa shape index (κ2) is 10.6. The van der Waals surface area contributed by atoms with Crippen molar-refractivity contribution < 1.29 is 19.7 Å². The van der Waals surface area contributed by atoms with Gasteiger partial charge >= 0.3 is 0 Å². The summed E-state index contributed by atoms with van der Waals surface area (Å²) in [4.78, 5) is 21.4. The molecule has 186 valence electrons. The van der Waals surface area contributed by atoms with E-state index < -0.39 is 0 Å². The van der Waals surface area contributed by atoms with Crippen molar-refractivity contribution in [2.75, 3.05) is 11.9 Å². The highest BCUT2D eigenvalue weighted by molar-refractivity contribution is 5.87. The van der Waals surface area contributed by atoms with Gasteiger partial charge in [0.05, 0.1) is 29.3 Å². The normalized spacial score (nSPS) is 24.7. The van der Waals surface area contributed by atoms with Gasteiger partial charge in [-0.05, 0) is 63.5 Å². The van der Waals surface area contributed by atoms with Crippen LogP contribution in [-0.4, -0.2) is 66.8 Å². The van der Waals surface area contributed by atoms with Gasteiger partial charge < -0.3 is 25.6 Å². The Morgan fingerprint density at radius 2 is 1.71 bits per heavy atom. The molecule has 0 atom stereocenters. The molecule has 2 heterocycles. The van der Waals surface area contributed by atoms with Crippen LogP contribution in [0, 0.1) is 0 Å². The van der Waals surface area contributed by atoms with Crippen LogP contribution >= 0.6 is 0 Å². The number of nitrogens with zero attached hydrogens (tertiary/aromatic N) is 4. The maximum atomic E-state index is 12.4. The first kappa shape index (κ1) is 23.5. The molecule has 2 aliphatic rings.